The van der Waals surface area contributed by atoms with Gasteiger partial charge in [-0.05, 0) is 56.9 Å². The van der Waals surface area contributed by atoms with Gasteiger partial charge in [0, 0.05) is 12.1 Å². The number of benzene rings is 2. The minimum absolute atomic E-state index is 0.0458. The topological polar surface area (TPSA) is 60.0 Å². The smallest absolute Gasteiger partial charge is 0.251 e. The second-order valence-corrected chi connectivity index (χ2v) is 6.26. The predicted molar refractivity (Wildman–Crippen MR) is 106 cm³/mol. The number of methoxy groups -OCH3 is 2. The van der Waals surface area contributed by atoms with Gasteiger partial charge in [0.25, 0.3) is 5.91 Å². The number of nitrogens with zero attached hydrogens (tertiary/aromatic N) is 1. The summed E-state index contributed by atoms with van der Waals surface area (Å²) >= 11 is 0. The Bertz CT molecular complexity index is 744. The molecule has 0 fully saturated rings. The lowest BCUT2D eigenvalue weighted by molar-refractivity contribution is 0.0941. The zero-order valence-corrected chi connectivity index (χ0v) is 16.6. The van der Waals surface area contributed by atoms with Crippen LogP contribution in [0.2, 0.25) is 0 Å². The fourth-order valence-corrected chi connectivity index (χ4v) is 2.80. The average molecular weight is 372 g/mol. The van der Waals surface area contributed by atoms with Crippen LogP contribution in [0.15, 0.2) is 42.5 Å². The van der Waals surface area contributed by atoms with E-state index < -0.39 is 0 Å². The van der Waals surface area contributed by atoms with Gasteiger partial charge in [0.15, 0.2) is 11.5 Å². The highest BCUT2D eigenvalue weighted by molar-refractivity contribution is 5.94. The van der Waals surface area contributed by atoms with Crippen LogP contribution in [0.4, 0.5) is 0 Å². The number of amides is 1. The minimum Gasteiger partial charge on any atom is -0.497 e. The van der Waals surface area contributed by atoms with Crippen LogP contribution < -0.4 is 19.5 Å². The Kier molecular flexibility index (Phi) is 7.49. The number of likely N-dealkylation sites (N-methyl/N-ethyl adjacent to an activating group) is 1. The van der Waals surface area contributed by atoms with Gasteiger partial charge >= 0.3 is 0 Å². The number of ether oxygens (including phenoxy) is 3. The van der Waals surface area contributed by atoms with Crippen LogP contribution in [0.25, 0.3) is 0 Å². The van der Waals surface area contributed by atoms with Gasteiger partial charge in [-0.25, -0.2) is 0 Å². The Balaban J connectivity index is 2.09. The molecule has 0 aromatic heterocycles. The lowest BCUT2D eigenvalue weighted by Gasteiger charge is -2.25. The van der Waals surface area contributed by atoms with Crippen molar-refractivity contribution in [3.8, 4) is 17.2 Å². The van der Waals surface area contributed by atoms with Crippen molar-refractivity contribution in [2.75, 3.05) is 41.5 Å². The van der Waals surface area contributed by atoms with Gasteiger partial charge in [0.05, 0.1) is 26.9 Å². The fraction of sp³-hybridized carbons (Fsp3) is 0.381. The molecule has 6 nitrogen and oxygen atoms in total. The van der Waals surface area contributed by atoms with Crippen LogP contribution in [0, 0.1) is 0 Å². The van der Waals surface area contributed by atoms with E-state index in [0.717, 1.165) is 11.3 Å². The average Bonchev–Trinajstić information content (AvgIpc) is 2.68. The van der Waals surface area contributed by atoms with E-state index in [2.05, 4.69) is 10.2 Å². The van der Waals surface area contributed by atoms with Gasteiger partial charge in [-0.2, -0.15) is 0 Å². The highest BCUT2D eigenvalue weighted by Gasteiger charge is 2.17. The molecule has 0 saturated heterocycles. The molecule has 1 amide bonds. The summed E-state index contributed by atoms with van der Waals surface area (Å²) in [5, 5.41) is 3.00. The molecule has 0 aliphatic rings. The van der Waals surface area contributed by atoms with Gasteiger partial charge in [0.2, 0.25) is 0 Å². The quantitative estimate of drug-likeness (QED) is 0.733. The molecule has 1 atom stereocenters. The number of hydrogen-bond donors (Lipinski definition) is 1. The summed E-state index contributed by atoms with van der Waals surface area (Å²) in [5.41, 5.74) is 1.63. The highest BCUT2D eigenvalue weighted by Crippen LogP contribution is 2.28. The van der Waals surface area contributed by atoms with E-state index in [4.69, 9.17) is 14.2 Å². The van der Waals surface area contributed by atoms with Gasteiger partial charge in [0.1, 0.15) is 5.75 Å². The molecular formula is C21H28N2O4. The molecule has 146 valence electrons. The van der Waals surface area contributed by atoms with Crippen LogP contribution in [0.3, 0.4) is 0 Å². The van der Waals surface area contributed by atoms with E-state index in [-0.39, 0.29) is 11.9 Å². The zero-order valence-electron chi connectivity index (χ0n) is 16.6. The largest absolute Gasteiger partial charge is 0.497 e. The molecule has 2 aromatic carbocycles. The molecule has 27 heavy (non-hydrogen) atoms. The standard InChI is InChI=1S/C21H28N2O4/c1-6-27-19-12-9-16(13-20(19)26-5)21(24)22-14-18(23(2)3)15-7-10-17(25-4)11-8-15/h7-13,18H,6,14H2,1-5H3,(H,22,24). The van der Waals surface area contributed by atoms with Crippen LogP contribution in [-0.2, 0) is 0 Å². The first-order valence-electron chi connectivity index (χ1n) is 8.89. The lowest BCUT2D eigenvalue weighted by Crippen LogP contribution is -2.34. The van der Waals surface area contributed by atoms with Crippen LogP contribution in [0.1, 0.15) is 28.9 Å². The molecule has 2 aromatic rings. The second kappa shape index (κ2) is 9.83. The van der Waals surface area contributed by atoms with Crippen molar-refractivity contribution in [1.29, 1.82) is 0 Å². The maximum atomic E-state index is 12.6. The second-order valence-electron chi connectivity index (χ2n) is 6.26. The van der Waals surface area contributed by atoms with Crippen LogP contribution in [-0.4, -0.2) is 52.3 Å². The molecule has 0 heterocycles. The molecule has 1 unspecified atom stereocenters. The van der Waals surface area contributed by atoms with Crippen LogP contribution in [0.5, 0.6) is 17.2 Å². The summed E-state index contributed by atoms with van der Waals surface area (Å²) in [6.07, 6.45) is 0. The van der Waals surface area contributed by atoms with E-state index in [1.165, 1.54) is 0 Å². The summed E-state index contributed by atoms with van der Waals surface area (Å²) < 4.78 is 16.0. The third kappa shape index (κ3) is 5.37. The maximum Gasteiger partial charge on any atom is 0.251 e. The fourth-order valence-electron chi connectivity index (χ4n) is 2.80. The van der Waals surface area contributed by atoms with Gasteiger partial charge in [-0.1, -0.05) is 12.1 Å². The van der Waals surface area contributed by atoms with Crippen molar-refractivity contribution in [2.24, 2.45) is 0 Å². The molecule has 0 saturated carbocycles. The normalized spacial score (nSPS) is 11.8. The Morgan fingerprint density at radius 1 is 1.04 bits per heavy atom. The number of carbonyl (C=O) groups is 1. The maximum absolute atomic E-state index is 12.6. The van der Waals surface area contributed by atoms with E-state index >= 15 is 0 Å². The SMILES string of the molecule is CCOc1ccc(C(=O)NCC(c2ccc(OC)cc2)N(C)C)cc1OC. The minimum atomic E-state index is -0.156. The number of rotatable bonds is 9. The van der Waals surface area contributed by atoms with E-state index in [1.807, 2.05) is 45.3 Å². The third-order valence-electron chi connectivity index (χ3n) is 4.31. The van der Waals surface area contributed by atoms with Crippen molar-refractivity contribution in [1.82, 2.24) is 10.2 Å². The highest BCUT2D eigenvalue weighted by atomic mass is 16.5. The Morgan fingerprint density at radius 2 is 1.74 bits per heavy atom. The molecule has 0 aliphatic carbocycles. The van der Waals surface area contributed by atoms with Gasteiger partial charge in [-0.3, -0.25) is 4.79 Å². The molecular weight excluding hydrogens is 344 g/mol. The molecule has 0 spiro atoms. The molecule has 1 N–H and O–H groups in total. The molecule has 2 rings (SSSR count). The number of hydrogen-bond acceptors (Lipinski definition) is 5. The van der Waals surface area contributed by atoms with Crippen molar-refractivity contribution >= 4 is 5.91 Å². The van der Waals surface area contributed by atoms with Gasteiger partial charge in [-0.15, -0.1) is 0 Å². The van der Waals surface area contributed by atoms with Gasteiger partial charge < -0.3 is 24.4 Å². The zero-order chi connectivity index (χ0) is 19.8. The monoisotopic (exact) mass is 372 g/mol. The van der Waals surface area contributed by atoms with E-state index in [0.29, 0.717) is 30.2 Å². The first-order valence-corrected chi connectivity index (χ1v) is 8.89. The summed E-state index contributed by atoms with van der Waals surface area (Å²) in [5.74, 6) is 1.82. The predicted octanol–water partition coefficient (Wildman–Crippen LogP) is 3.14. The Morgan fingerprint density at radius 3 is 2.30 bits per heavy atom. The summed E-state index contributed by atoms with van der Waals surface area (Å²) in [6, 6.07) is 13.1. The van der Waals surface area contributed by atoms with E-state index in [9.17, 15) is 4.79 Å². The van der Waals surface area contributed by atoms with Crippen molar-refractivity contribution in [2.45, 2.75) is 13.0 Å². The van der Waals surface area contributed by atoms with Crippen molar-refractivity contribution < 1.29 is 19.0 Å². The number of nitrogens with one attached hydrogen (secondary N) is 1. The van der Waals surface area contributed by atoms with Crippen molar-refractivity contribution in [3.63, 3.8) is 0 Å². The molecule has 0 bridgehead atoms. The Hall–Kier alpha value is -2.73. The molecule has 0 aliphatic heterocycles. The first-order chi connectivity index (χ1) is 13.0. The lowest BCUT2D eigenvalue weighted by atomic mass is 10.1. The molecule has 6 heteroatoms. The summed E-state index contributed by atoms with van der Waals surface area (Å²) in [4.78, 5) is 14.7. The molecule has 0 radical (unpaired) electrons. The van der Waals surface area contributed by atoms with Crippen molar-refractivity contribution in [3.05, 3.63) is 53.6 Å². The third-order valence-corrected chi connectivity index (χ3v) is 4.31. The Labute approximate surface area is 161 Å². The van der Waals surface area contributed by atoms with E-state index in [1.54, 1.807) is 32.4 Å². The summed E-state index contributed by atoms with van der Waals surface area (Å²) in [6.45, 7) is 2.92. The first kappa shape index (κ1) is 20.6. The summed E-state index contributed by atoms with van der Waals surface area (Å²) in [7, 11) is 7.18. The number of carbonyl (C=O) groups excluding carboxylic acids is 1. The van der Waals surface area contributed by atoms with Crippen LogP contribution >= 0.6 is 0 Å².